The highest BCUT2D eigenvalue weighted by atomic mass is 19.1. The minimum absolute atomic E-state index is 0.0333. The van der Waals surface area contributed by atoms with Crippen molar-refractivity contribution in [2.45, 2.75) is 45.7 Å². The molecule has 4 unspecified atom stereocenters. The second kappa shape index (κ2) is 6.37. The number of hydrogen-bond donors (Lipinski definition) is 1. The normalized spacial score (nSPS) is 29.8. The Labute approximate surface area is 131 Å². The van der Waals surface area contributed by atoms with E-state index in [1.54, 1.807) is 19.1 Å². The maximum absolute atomic E-state index is 13.6. The first-order chi connectivity index (χ1) is 10.6. The first-order valence-corrected chi connectivity index (χ1v) is 8.25. The fourth-order valence-electron chi connectivity index (χ4n) is 4.14. The SMILES string of the molecule is CCOC(=O)C1C2CCC(C2)C1NCc1ccc(C)c(F)c1. The minimum atomic E-state index is -0.172. The van der Waals surface area contributed by atoms with E-state index in [4.69, 9.17) is 4.74 Å². The summed E-state index contributed by atoms with van der Waals surface area (Å²) in [5, 5.41) is 3.50. The number of benzene rings is 1. The van der Waals surface area contributed by atoms with Crippen molar-refractivity contribution in [1.82, 2.24) is 5.32 Å². The van der Waals surface area contributed by atoms with Crippen LogP contribution in [0.1, 0.15) is 37.3 Å². The molecule has 0 amide bonds. The van der Waals surface area contributed by atoms with E-state index in [-0.39, 0.29) is 23.7 Å². The van der Waals surface area contributed by atoms with Crippen LogP contribution in [-0.2, 0) is 16.1 Å². The number of halogens is 1. The molecule has 2 saturated carbocycles. The molecule has 3 nitrogen and oxygen atoms in total. The molecule has 1 aromatic rings. The summed E-state index contributed by atoms with van der Waals surface area (Å²) in [6.45, 7) is 4.64. The van der Waals surface area contributed by atoms with E-state index in [9.17, 15) is 9.18 Å². The topological polar surface area (TPSA) is 38.3 Å². The third-order valence-electron chi connectivity index (χ3n) is 5.25. The molecule has 1 aromatic carbocycles. The number of esters is 1. The largest absolute Gasteiger partial charge is 0.466 e. The second-order valence-electron chi connectivity index (χ2n) is 6.60. The van der Waals surface area contributed by atoms with Crippen LogP contribution in [0.5, 0.6) is 0 Å². The molecular formula is C18H24FNO2. The molecule has 0 heterocycles. The Morgan fingerprint density at radius 1 is 1.36 bits per heavy atom. The maximum atomic E-state index is 13.6. The molecule has 4 atom stereocenters. The number of carbonyl (C=O) groups excluding carboxylic acids is 1. The van der Waals surface area contributed by atoms with E-state index in [0.717, 1.165) is 18.4 Å². The summed E-state index contributed by atoms with van der Waals surface area (Å²) in [6, 6.07) is 5.49. The van der Waals surface area contributed by atoms with Crippen molar-refractivity contribution < 1.29 is 13.9 Å². The van der Waals surface area contributed by atoms with Crippen molar-refractivity contribution in [1.29, 1.82) is 0 Å². The third-order valence-corrected chi connectivity index (χ3v) is 5.25. The van der Waals surface area contributed by atoms with Gasteiger partial charge in [-0.25, -0.2) is 4.39 Å². The molecule has 4 heteroatoms. The average molecular weight is 305 g/mol. The van der Waals surface area contributed by atoms with Crippen LogP contribution in [0.25, 0.3) is 0 Å². The Morgan fingerprint density at radius 2 is 2.14 bits per heavy atom. The van der Waals surface area contributed by atoms with Crippen LogP contribution in [-0.4, -0.2) is 18.6 Å². The third kappa shape index (κ3) is 2.89. The molecule has 2 aliphatic rings. The lowest BCUT2D eigenvalue weighted by Crippen LogP contribution is -2.44. The van der Waals surface area contributed by atoms with Gasteiger partial charge >= 0.3 is 5.97 Å². The fourth-order valence-corrected chi connectivity index (χ4v) is 4.14. The van der Waals surface area contributed by atoms with Crippen molar-refractivity contribution in [3.05, 3.63) is 35.1 Å². The summed E-state index contributed by atoms with van der Waals surface area (Å²) < 4.78 is 18.9. The van der Waals surface area contributed by atoms with Gasteiger partial charge in [-0.1, -0.05) is 12.1 Å². The molecule has 0 saturated heterocycles. The summed E-state index contributed by atoms with van der Waals surface area (Å²) in [5.74, 6) is 0.733. The molecule has 2 aliphatic carbocycles. The molecule has 120 valence electrons. The van der Waals surface area contributed by atoms with Crippen LogP contribution < -0.4 is 5.32 Å². The highest BCUT2D eigenvalue weighted by Gasteiger charge is 2.51. The number of nitrogens with one attached hydrogen (secondary N) is 1. The van der Waals surface area contributed by atoms with Gasteiger partial charge in [0.25, 0.3) is 0 Å². The lowest BCUT2D eigenvalue weighted by atomic mass is 9.84. The standard InChI is InChI=1S/C18H24FNO2/c1-3-22-18(21)16-13-6-7-14(9-13)17(16)20-10-12-5-4-11(2)15(19)8-12/h4-5,8,13-14,16-17,20H,3,6-7,9-10H2,1-2H3. The summed E-state index contributed by atoms with van der Waals surface area (Å²) in [6.07, 6.45) is 3.43. The molecular weight excluding hydrogens is 281 g/mol. The summed E-state index contributed by atoms with van der Waals surface area (Å²) >= 11 is 0. The van der Waals surface area contributed by atoms with E-state index >= 15 is 0 Å². The van der Waals surface area contributed by atoms with Crippen LogP contribution in [0, 0.1) is 30.5 Å². The van der Waals surface area contributed by atoms with Crippen molar-refractivity contribution in [2.24, 2.45) is 17.8 Å². The Morgan fingerprint density at radius 3 is 2.86 bits per heavy atom. The van der Waals surface area contributed by atoms with E-state index in [0.29, 0.717) is 30.6 Å². The fraction of sp³-hybridized carbons (Fsp3) is 0.611. The predicted octanol–water partition coefficient (Wildman–Crippen LogP) is 3.20. The highest BCUT2D eigenvalue weighted by Crippen LogP contribution is 2.49. The van der Waals surface area contributed by atoms with Gasteiger partial charge in [-0.2, -0.15) is 0 Å². The van der Waals surface area contributed by atoms with Crippen molar-refractivity contribution in [3.8, 4) is 0 Å². The molecule has 0 radical (unpaired) electrons. The minimum Gasteiger partial charge on any atom is -0.466 e. The lowest BCUT2D eigenvalue weighted by Gasteiger charge is -2.30. The van der Waals surface area contributed by atoms with Crippen molar-refractivity contribution in [2.75, 3.05) is 6.61 Å². The van der Waals surface area contributed by atoms with Crippen LogP contribution in [0.3, 0.4) is 0 Å². The van der Waals surface area contributed by atoms with E-state index in [2.05, 4.69) is 5.32 Å². The lowest BCUT2D eigenvalue weighted by molar-refractivity contribution is -0.150. The van der Waals surface area contributed by atoms with Gasteiger partial charge in [-0.3, -0.25) is 4.79 Å². The van der Waals surface area contributed by atoms with Gasteiger partial charge in [0.1, 0.15) is 5.82 Å². The van der Waals surface area contributed by atoms with Gasteiger partial charge < -0.3 is 10.1 Å². The van der Waals surface area contributed by atoms with Gasteiger partial charge in [0.15, 0.2) is 0 Å². The Kier molecular flexibility index (Phi) is 4.48. The van der Waals surface area contributed by atoms with Crippen LogP contribution in [0.15, 0.2) is 18.2 Å². The number of hydrogen-bond acceptors (Lipinski definition) is 3. The monoisotopic (exact) mass is 305 g/mol. The molecule has 0 spiro atoms. The van der Waals surface area contributed by atoms with Gasteiger partial charge in [0, 0.05) is 12.6 Å². The van der Waals surface area contributed by atoms with Crippen LogP contribution in [0.2, 0.25) is 0 Å². The highest BCUT2D eigenvalue weighted by molar-refractivity contribution is 5.74. The van der Waals surface area contributed by atoms with E-state index in [1.807, 2.05) is 13.0 Å². The molecule has 3 rings (SSSR count). The van der Waals surface area contributed by atoms with Crippen LogP contribution in [0.4, 0.5) is 4.39 Å². The molecule has 22 heavy (non-hydrogen) atoms. The summed E-state index contributed by atoms with van der Waals surface area (Å²) in [7, 11) is 0. The maximum Gasteiger partial charge on any atom is 0.310 e. The zero-order valence-corrected chi connectivity index (χ0v) is 13.3. The average Bonchev–Trinajstić information content (AvgIpc) is 3.09. The van der Waals surface area contributed by atoms with Gasteiger partial charge in [0.05, 0.1) is 12.5 Å². The molecule has 1 N–H and O–H groups in total. The van der Waals surface area contributed by atoms with E-state index < -0.39 is 0 Å². The van der Waals surface area contributed by atoms with Crippen molar-refractivity contribution in [3.63, 3.8) is 0 Å². The molecule has 2 bridgehead atoms. The molecule has 0 aromatic heterocycles. The molecule has 2 fully saturated rings. The Hall–Kier alpha value is -1.42. The quantitative estimate of drug-likeness (QED) is 0.849. The van der Waals surface area contributed by atoms with E-state index in [1.165, 1.54) is 6.42 Å². The first kappa shape index (κ1) is 15.5. The Balaban J connectivity index is 1.67. The summed E-state index contributed by atoms with van der Waals surface area (Å²) in [5.41, 5.74) is 1.58. The zero-order chi connectivity index (χ0) is 15.7. The first-order valence-electron chi connectivity index (χ1n) is 8.25. The molecule has 0 aliphatic heterocycles. The van der Waals surface area contributed by atoms with Crippen LogP contribution >= 0.6 is 0 Å². The predicted molar refractivity (Wildman–Crippen MR) is 82.7 cm³/mol. The zero-order valence-electron chi connectivity index (χ0n) is 13.3. The Bertz CT molecular complexity index is 560. The number of rotatable bonds is 5. The van der Waals surface area contributed by atoms with Gasteiger partial charge in [-0.05, 0) is 62.1 Å². The number of ether oxygens (including phenoxy) is 1. The number of carbonyl (C=O) groups is 1. The van der Waals surface area contributed by atoms with Gasteiger partial charge in [0.2, 0.25) is 0 Å². The number of aryl methyl sites for hydroxylation is 1. The smallest absolute Gasteiger partial charge is 0.310 e. The number of fused-ring (bicyclic) bond motifs is 2. The van der Waals surface area contributed by atoms with Gasteiger partial charge in [-0.15, -0.1) is 0 Å². The second-order valence-corrected chi connectivity index (χ2v) is 6.60. The van der Waals surface area contributed by atoms with Crippen molar-refractivity contribution >= 4 is 5.97 Å². The summed E-state index contributed by atoms with van der Waals surface area (Å²) in [4.78, 5) is 12.2.